The Morgan fingerprint density at radius 1 is 1.00 bits per heavy atom. The van der Waals surface area contributed by atoms with Crippen LogP contribution >= 0.6 is 0 Å². The summed E-state index contributed by atoms with van der Waals surface area (Å²) in [4.78, 5) is 0. The van der Waals surface area contributed by atoms with Crippen LogP contribution in [0, 0.1) is 0 Å². The first-order valence-electron chi connectivity index (χ1n) is 8.41. The van der Waals surface area contributed by atoms with E-state index in [2.05, 4.69) is 36.5 Å². The van der Waals surface area contributed by atoms with Crippen LogP contribution in [0.5, 0.6) is 0 Å². The minimum atomic E-state index is -0.278. The fourth-order valence-corrected chi connectivity index (χ4v) is 2.45. The maximum absolute atomic E-state index is 9.09. The Bertz CT molecular complexity index is 368. The summed E-state index contributed by atoms with van der Waals surface area (Å²) in [7, 11) is 0. The standard InChI is InChI=1S/C18H31NO3/c1-4-7-17(12-13-20)19-14-15-8-10-16(11-9-15)18(21-5-2)22-6-3/h8-11,17-20H,4-7,12-14H2,1-3H3. The van der Waals surface area contributed by atoms with Crippen molar-refractivity contribution in [1.82, 2.24) is 5.32 Å². The van der Waals surface area contributed by atoms with Crippen molar-refractivity contribution in [2.24, 2.45) is 0 Å². The molecule has 4 heteroatoms. The third-order valence-electron chi connectivity index (χ3n) is 3.60. The first kappa shape index (κ1) is 19.1. The predicted octanol–water partition coefficient (Wildman–Crippen LogP) is 3.40. The van der Waals surface area contributed by atoms with Gasteiger partial charge in [0.2, 0.25) is 0 Å². The molecule has 0 spiro atoms. The van der Waals surface area contributed by atoms with E-state index in [0.29, 0.717) is 19.3 Å². The van der Waals surface area contributed by atoms with Crippen molar-refractivity contribution in [2.75, 3.05) is 19.8 Å². The van der Waals surface area contributed by atoms with Gasteiger partial charge < -0.3 is 19.9 Å². The first-order chi connectivity index (χ1) is 10.7. The van der Waals surface area contributed by atoms with Crippen LogP contribution in [0.2, 0.25) is 0 Å². The van der Waals surface area contributed by atoms with Crippen LogP contribution in [0.3, 0.4) is 0 Å². The molecule has 0 aliphatic carbocycles. The van der Waals surface area contributed by atoms with Crippen molar-refractivity contribution in [3.8, 4) is 0 Å². The lowest BCUT2D eigenvalue weighted by molar-refractivity contribution is -0.140. The quantitative estimate of drug-likeness (QED) is 0.581. The van der Waals surface area contributed by atoms with Crippen LogP contribution in [-0.4, -0.2) is 31.0 Å². The van der Waals surface area contributed by atoms with Crippen molar-refractivity contribution in [2.45, 2.75) is 58.9 Å². The van der Waals surface area contributed by atoms with Crippen LogP contribution in [-0.2, 0) is 16.0 Å². The largest absolute Gasteiger partial charge is 0.396 e. The molecule has 22 heavy (non-hydrogen) atoms. The van der Waals surface area contributed by atoms with Crippen LogP contribution in [0.15, 0.2) is 24.3 Å². The molecule has 0 aliphatic rings. The number of hydrogen-bond acceptors (Lipinski definition) is 4. The van der Waals surface area contributed by atoms with Gasteiger partial charge in [-0.3, -0.25) is 0 Å². The molecular weight excluding hydrogens is 278 g/mol. The maximum atomic E-state index is 9.09. The fourth-order valence-electron chi connectivity index (χ4n) is 2.45. The molecule has 4 nitrogen and oxygen atoms in total. The minimum Gasteiger partial charge on any atom is -0.396 e. The third-order valence-corrected chi connectivity index (χ3v) is 3.60. The number of ether oxygens (including phenoxy) is 2. The van der Waals surface area contributed by atoms with Crippen molar-refractivity contribution >= 4 is 0 Å². The summed E-state index contributed by atoms with van der Waals surface area (Å²) >= 11 is 0. The molecule has 0 bridgehead atoms. The van der Waals surface area contributed by atoms with Gasteiger partial charge in [-0.1, -0.05) is 37.6 Å². The molecule has 1 aromatic carbocycles. The fraction of sp³-hybridized carbons (Fsp3) is 0.667. The van der Waals surface area contributed by atoms with E-state index in [1.54, 1.807) is 0 Å². The lowest BCUT2D eigenvalue weighted by Crippen LogP contribution is -2.29. The highest BCUT2D eigenvalue weighted by Crippen LogP contribution is 2.19. The molecule has 1 atom stereocenters. The summed E-state index contributed by atoms with van der Waals surface area (Å²) in [5, 5.41) is 12.6. The summed E-state index contributed by atoms with van der Waals surface area (Å²) < 4.78 is 11.2. The normalized spacial score (nSPS) is 12.8. The molecule has 0 saturated carbocycles. The van der Waals surface area contributed by atoms with Gasteiger partial charge in [0.25, 0.3) is 0 Å². The Balaban J connectivity index is 2.56. The van der Waals surface area contributed by atoms with E-state index in [-0.39, 0.29) is 12.9 Å². The summed E-state index contributed by atoms with van der Waals surface area (Å²) in [6.45, 7) is 8.43. The maximum Gasteiger partial charge on any atom is 0.183 e. The smallest absolute Gasteiger partial charge is 0.183 e. The predicted molar refractivity (Wildman–Crippen MR) is 89.7 cm³/mol. The molecule has 0 amide bonds. The van der Waals surface area contributed by atoms with Crippen LogP contribution in [0.25, 0.3) is 0 Å². The Morgan fingerprint density at radius 3 is 2.14 bits per heavy atom. The molecule has 0 aliphatic heterocycles. The highest BCUT2D eigenvalue weighted by Gasteiger charge is 2.11. The Morgan fingerprint density at radius 2 is 1.64 bits per heavy atom. The zero-order valence-electron chi connectivity index (χ0n) is 14.2. The number of aliphatic hydroxyl groups excluding tert-OH is 1. The number of hydrogen-bond donors (Lipinski definition) is 2. The highest BCUT2D eigenvalue weighted by molar-refractivity contribution is 5.23. The van der Waals surface area contributed by atoms with E-state index in [0.717, 1.165) is 31.4 Å². The van der Waals surface area contributed by atoms with Gasteiger partial charge in [0.1, 0.15) is 0 Å². The van der Waals surface area contributed by atoms with Crippen molar-refractivity contribution in [3.63, 3.8) is 0 Å². The molecule has 126 valence electrons. The molecule has 0 aromatic heterocycles. The number of nitrogens with one attached hydrogen (secondary N) is 1. The summed E-state index contributed by atoms with van der Waals surface area (Å²) in [6, 6.07) is 8.72. The average molecular weight is 309 g/mol. The zero-order chi connectivity index (χ0) is 16.2. The molecule has 0 radical (unpaired) electrons. The second kappa shape index (κ2) is 11.6. The molecule has 0 heterocycles. The molecule has 2 N–H and O–H groups in total. The van der Waals surface area contributed by atoms with Gasteiger partial charge >= 0.3 is 0 Å². The Labute approximate surface area is 134 Å². The third kappa shape index (κ3) is 6.88. The van der Waals surface area contributed by atoms with E-state index in [1.165, 1.54) is 5.56 Å². The number of rotatable bonds is 12. The second-order valence-electron chi connectivity index (χ2n) is 5.36. The van der Waals surface area contributed by atoms with E-state index >= 15 is 0 Å². The average Bonchev–Trinajstić information content (AvgIpc) is 2.53. The van der Waals surface area contributed by atoms with Gasteiger partial charge in [-0.25, -0.2) is 0 Å². The SMILES string of the molecule is CCCC(CCO)NCc1ccc(C(OCC)OCC)cc1. The molecule has 0 saturated heterocycles. The van der Waals surface area contributed by atoms with Crippen molar-refractivity contribution in [3.05, 3.63) is 35.4 Å². The van der Waals surface area contributed by atoms with E-state index in [4.69, 9.17) is 14.6 Å². The van der Waals surface area contributed by atoms with Crippen LogP contribution < -0.4 is 5.32 Å². The van der Waals surface area contributed by atoms with Gasteiger partial charge in [-0.15, -0.1) is 0 Å². The minimum absolute atomic E-state index is 0.237. The monoisotopic (exact) mass is 309 g/mol. The highest BCUT2D eigenvalue weighted by atomic mass is 16.7. The lowest BCUT2D eigenvalue weighted by Gasteiger charge is -2.19. The van der Waals surface area contributed by atoms with Crippen molar-refractivity contribution < 1.29 is 14.6 Å². The first-order valence-corrected chi connectivity index (χ1v) is 8.41. The van der Waals surface area contributed by atoms with E-state index in [1.807, 2.05) is 13.8 Å². The molecule has 0 fully saturated rings. The van der Waals surface area contributed by atoms with Gasteiger partial charge in [0, 0.05) is 38.0 Å². The summed E-state index contributed by atoms with van der Waals surface area (Å²) in [5.74, 6) is 0. The topological polar surface area (TPSA) is 50.7 Å². The molecule has 1 unspecified atom stereocenters. The van der Waals surface area contributed by atoms with Gasteiger partial charge in [0.05, 0.1) is 0 Å². The van der Waals surface area contributed by atoms with Crippen LogP contribution in [0.4, 0.5) is 0 Å². The Kier molecular flexibility index (Phi) is 10.1. The second-order valence-corrected chi connectivity index (χ2v) is 5.36. The van der Waals surface area contributed by atoms with Gasteiger partial charge in [-0.2, -0.15) is 0 Å². The summed E-state index contributed by atoms with van der Waals surface area (Å²) in [5.41, 5.74) is 2.28. The zero-order valence-corrected chi connectivity index (χ0v) is 14.2. The van der Waals surface area contributed by atoms with Gasteiger partial charge in [-0.05, 0) is 32.3 Å². The van der Waals surface area contributed by atoms with Gasteiger partial charge in [0.15, 0.2) is 6.29 Å². The number of aliphatic hydroxyl groups is 1. The summed E-state index contributed by atoms with van der Waals surface area (Å²) in [6.07, 6.45) is 2.75. The van der Waals surface area contributed by atoms with E-state index in [9.17, 15) is 0 Å². The van der Waals surface area contributed by atoms with Crippen molar-refractivity contribution in [1.29, 1.82) is 0 Å². The molecule has 1 aromatic rings. The molecule has 1 rings (SSSR count). The molecular formula is C18H31NO3. The number of benzene rings is 1. The van der Waals surface area contributed by atoms with Crippen LogP contribution in [0.1, 0.15) is 57.5 Å². The van der Waals surface area contributed by atoms with E-state index < -0.39 is 0 Å². The Hall–Kier alpha value is -0.940. The lowest BCUT2D eigenvalue weighted by atomic mass is 10.1.